The third kappa shape index (κ3) is 3.60. The molecule has 2 atom stereocenters. The number of fused-ring (bicyclic) bond motifs is 4. The molecule has 3 aliphatic heterocycles. The molecule has 6 nitrogen and oxygen atoms in total. The summed E-state index contributed by atoms with van der Waals surface area (Å²) in [5.41, 5.74) is 7.81. The summed E-state index contributed by atoms with van der Waals surface area (Å²) < 4.78 is 32.1. The fraction of sp³-hybridized carbons (Fsp3) is 0.636. The highest BCUT2D eigenvalue weighted by atomic mass is 19.1. The first-order chi connectivity index (χ1) is 14.0. The van der Waals surface area contributed by atoms with Gasteiger partial charge in [0.1, 0.15) is 12.4 Å². The molecule has 0 radical (unpaired) electrons. The second-order valence-corrected chi connectivity index (χ2v) is 9.10. The van der Waals surface area contributed by atoms with Crippen LogP contribution in [0.1, 0.15) is 44.6 Å². The maximum absolute atomic E-state index is 14.7. The van der Waals surface area contributed by atoms with Crippen molar-refractivity contribution in [3.05, 3.63) is 29.7 Å². The van der Waals surface area contributed by atoms with Crippen LogP contribution in [-0.4, -0.2) is 47.0 Å². The third-order valence-electron chi connectivity index (χ3n) is 7.00. The summed E-state index contributed by atoms with van der Waals surface area (Å²) in [4.78, 5) is 8.78. The molecule has 4 fully saturated rings. The molecule has 0 unspecified atom stereocenters. The number of hydrogen-bond donors (Lipinski definition) is 1. The number of rotatable bonds is 6. The van der Waals surface area contributed by atoms with Gasteiger partial charge in [0.15, 0.2) is 0 Å². The number of aromatic nitrogens is 2. The van der Waals surface area contributed by atoms with Crippen molar-refractivity contribution in [3.8, 4) is 5.88 Å². The smallest absolute Gasteiger partial charge is 0.214 e. The Morgan fingerprint density at radius 3 is 2.76 bits per heavy atom. The van der Waals surface area contributed by atoms with Gasteiger partial charge >= 0.3 is 0 Å². The highest BCUT2D eigenvalue weighted by molar-refractivity contribution is 5.78. The predicted molar refractivity (Wildman–Crippen MR) is 106 cm³/mol. The lowest BCUT2D eigenvalue weighted by atomic mass is 9.70. The number of nitrogens with zero attached hydrogens (tertiary/aromatic N) is 2. The maximum Gasteiger partial charge on any atom is 0.214 e. The van der Waals surface area contributed by atoms with Gasteiger partial charge in [0.05, 0.1) is 42.1 Å². The molecule has 6 rings (SSSR count). The number of ether oxygens (including phenoxy) is 3. The molecule has 156 valence electrons. The molecule has 2 aromatic heterocycles. The normalized spacial score (nSPS) is 33.6. The van der Waals surface area contributed by atoms with Crippen LogP contribution in [0.4, 0.5) is 4.39 Å². The molecule has 0 aromatic carbocycles. The fourth-order valence-corrected chi connectivity index (χ4v) is 4.66. The van der Waals surface area contributed by atoms with Crippen LogP contribution >= 0.6 is 0 Å². The third-order valence-corrected chi connectivity index (χ3v) is 7.00. The van der Waals surface area contributed by atoms with Gasteiger partial charge in [-0.2, -0.15) is 0 Å². The van der Waals surface area contributed by atoms with Gasteiger partial charge in [0.25, 0.3) is 0 Å². The van der Waals surface area contributed by atoms with E-state index in [4.69, 9.17) is 19.9 Å². The number of hydrogen-bond acceptors (Lipinski definition) is 6. The van der Waals surface area contributed by atoms with Crippen LogP contribution in [0.2, 0.25) is 0 Å². The summed E-state index contributed by atoms with van der Waals surface area (Å²) >= 11 is 0. The average molecular weight is 401 g/mol. The molecule has 7 heteroatoms. The minimum Gasteiger partial charge on any atom is -0.475 e. The van der Waals surface area contributed by atoms with E-state index in [0.717, 1.165) is 38.7 Å². The highest BCUT2D eigenvalue weighted by Gasteiger charge is 2.47. The van der Waals surface area contributed by atoms with Gasteiger partial charge in [0, 0.05) is 23.1 Å². The quantitative estimate of drug-likeness (QED) is 0.801. The zero-order chi connectivity index (χ0) is 20.1. The standard InChI is InChI=1S/C22H28FN3O3/c1-14-11-27-18(14)12-28-19-3-2-17-20(26-19)15(16(23)10-25-17)4-5-22-8-6-21(24,7-9-22)13-29-22/h2-3,10,14,18H,4-9,11-13,24H2,1H3/t14-,18+,21?,22?/m0/s1. The first-order valence-electron chi connectivity index (χ1n) is 10.6. The second kappa shape index (κ2) is 7.15. The van der Waals surface area contributed by atoms with Crippen molar-refractivity contribution in [1.82, 2.24) is 9.97 Å². The summed E-state index contributed by atoms with van der Waals surface area (Å²) in [6, 6.07) is 3.62. The minimum atomic E-state index is -0.325. The Morgan fingerprint density at radius 1 is 1.28 bits per heavy atom. The summed E-state index contributed by atoms with van der Waals surface area (Å²) in [5, 5.41) is 0. The minimum absolute atomic E-state index is 0.0983. The fourth-order valence-electron chi connectivity index (χ4n) is 4.66. The van der Waals surface area contributed by atoms with Crippen LogP contribution in [0.25, 0.3) is 11.0 Å². The Labute approximate surface area is 169 Å². The molecule has 1 saturated carbocycles. The summed E-state index contributed by atoms with van der Waals surface area (Å²) in [6.45, 7) is 3.96. The number of pyridine rings is 2. The summed E-state index contributed by atoms with van der Waals surface area (Å²) in [7, 11) is 0. The molecule has 2 bridgehead atoms. The predicted octanol–water partition coefficient (Wildman–Crippen LogP) is 3.16. The SMILES string of the molecule is C[C@H]1CO[C@@H]1COc1ccc2ncc(F)c(CCC34CCC(N)(CC3)CO4)c2n1. The molecule has 4 aliphatic rings. The molecule has 2 aromatic rings. The van der Waals surface area contributed by atoms with Gasteiger partial charge in [-0.15, -0.1) is 0 Å². The van der Waals surface area contributed by atoms with Crippen molar-refractivity contribution in [2.45, 2.75) is 62.7 Å². The van der Waals surface area contributed by atoms with E-state index in [2.05, 4.69) is 16.9 Å². The summed E-state index contributed by atoms with van der Waals surface area (Å²) in [5.74, 6) is 0.642. The molecule has 0 amide bonds. The van der Waals surface area contributed by atoms with E-state index in [1.165, 1.54) is 6.20 Å². The Morgan fingerprint density at radius 2 is 2.10 bits per heavy atom. The zero-order valence-corrected chi connectivity index (χ0v) is 16.8. The van der Waals surface area contributed by atoms with Crippen molar-refractivity contribution in [2.75, 3.05) is 19.8 Å². The number of aryl methyl sites for hydroxylation is 1. The lowest BCUT2D eigenvalue weighted by Gasteiger charge is -2.51. The monoisotopic (exact) mass is 401 g/mol. The van der Waals surface area contributed by atoms with E-state index >= 15 is 0 Å². The van der Waals surface area contributed by atoms with Gasteiger partial charge in [-0.25, -0.2) is 9.37 Å². The first kappa shape index (κ1) is 19.2. The molecule has 5 heterocycles. The number of halogens is 1. The van der Waals surface area contributed by atoms with Gasteiger partial charge in [-0.3, -0.25) is 4.98 Å². The Bertz CT molecular complexity index is 897. The highest BCUT2D eigenvalue weighted by Crippen LogP contribution is 2.45. The molecule has 1 aliphatic carbocycles. The lowest BCUT2D eigenvalue weighted by Crippen LogP contribution is -2.59. The number of nitrogens with two attached hydrogens (primary N) is 1. The first-order valence-corrected chi connectivity index (χ1v) is 10.6. The van der Waals surface area contributed by atoms with Crippen LogP contribution < -0.4 is 10.5 Å². The Balaban J connectivity index is 1.34. The lowest BCUT2D eigenvalue weighted by molar-refractivity contribution is -0.156. The van der Waals surface area contributed by atoms with E-state index in [-0.39, 0.29) is 23.1 Å². The van der Waals surface area contributed by atoms with Crippen molar-refractivity contribution < 1.29 is 18.6 Å². The van der Waals surface area contributed by atoms with E-state index in [1.54, 1.807) is 6.07 Å². The van der Waals surface area contributed by atoms with Crippen LogP contribution in [-0.2, 0) is 15.9 Å². The van der Waals surface area contributed by atoms with Crippen LogP contribution in [0.5, 0.6) is 5.88 Å². The molecular formula is C22H28FN3O3. The van der Waals surface area contributed by atoms with Crippen molar-refractivity contribution in [1.29, 1.82) is 0 Å². The average Bonchev–Trinajstić information content (AvgIpc) is 2.73. The topological polar surface area (TPSA) is 79.5 Å². The van der Waals surface area contributed by atoms with E-state index in [1.807, 2.05) is 6.07 Å². The van der Waals surface area contributed by atoms with Crippen LogP contribution in [0, 0.1) is 11.7 Å². The van der Waals surface area contributed by atoms with Crippen molar-refractivity contribution in [3.63, 3.8) is 0 Å². The second-order valence-electron chi connectivity index (χ2n) is 9.10. The maximum atomic E-state index is 14.7. The Kier molecular flexibility index (Phi) is 4.72. The molecule has 3 saturated heterocycles. The molecule has 0 spiro atoms. The molecule has 29 heavy (non-hydrogen) atoms. The van der Waals surface area contributed by atoms with Crippen LogP contribution in [0.15, 0.2) is 18.3 Å². The molecule has 2 N–H and O–H groups in total. The Hall–Kier alpha value is -1.83. The van der Waals surface area contributed by atoms with Gasteiger partial charge in [-0.1, -0.05) is 6.92 Å². The largest absolute Gasteiger partial charge is 0.475 e. The molecular weight excluding hydrogens is 373 g/mol. The van der Waals surface area contributed by atoms with E-state index < -0.39 is 0 Å². The summed E-state index contributed by atoms with van der Waals surface area (Å²) in [6.07, 6.45) is 6.54. The van der Waals surface area contributed by atoms with Crippen molar-refractivity contribution >= 4 is 11.0 Å². The van der Waals surface area contributed by atoms with Crippen molar-refractivity contribution in [2.24, 2.45) is 11.7 Å². The van der Waals surface area contributed by atoms with Crippen LogP contribution in [0.3, 0.4) is 0 Å². The zero-order valence-electron chi connectivity index (χ0n) is 16.8. The van der Waals surface area contributed by atoms with E-state index in [9.17, 15) is 4.39 Å². The van der Waals surface area contributed by atoms with Gasteiger partial charge < -0.3 is 19.9 Å². The van der Waals surface area contributed by atoms with Gasteiger partial charge in [0.2, 0.25) is 5.88 Å². The van der Waals surface area contributed by atoms with Gasteiger partial charge in [-0.05, 0) is 44.6 Å². The van der Waals surface area contributed by atoms with E-state index in [0.29, 0.717) is 48.0 Å².